The summed E-state index contributed by atoms with van der Waals surface area (Å²) < 4.78 is 6.10. The molecule has 0 aliphatic rings. The van der Waals surface area contributed by atoms with Crippen LogP contribution in [0.2, 0.25) is 0 Å². The van der Waals surface area contributed by atoms with Gasteiger partial charge in [0.1, 0.15) is 5.75 Å². The maximum Gasteiger partial charge on any atom is 0.258 e. The Balaban J connectivity index is 2.52. The van der Waals surface area contributed by atoms with Gasteiger partial charge in [-0.3, -0.25) is 4.79 Å². The van der Waals surface area contributed by atoms with Crippen molar-refractivity contribution < 1.29 is 9.53 Å². The van der Waals surface area contributed by atoms with Crippen molar-refractivity contribution in [3.63, 3.8) is 0 Å². The smallest absolute Gasteiger partial charge is 0.258 e. The molecule has 3 N–H and O–H groups in total. The van der Waals surface area contributed by atoms with Crippen molar-refractivity contribution >= 4 is 21.8 Å². The number of ether oxygens (including phenoxy) is 1. The molecule has 17 heavy (non-hydrogen) atoms. The highest BCUT2D eigenvalue weighted by molar-refractivity contribution is 9.10. The Morgan fingerprint density at radius 1 is 1.59 bits per heavy atom. The Morgan fingerprint density at radius 3 is 2.94 bits per heavy atom. The van der Waals surface area contributed by atoms with Crippen LogP contribution in [0, 0.1) is 12.3 Å². The topological polar surface area (TPSA) is 64.3 Å². The third-order valence-electron chi connectivity index (χ3n) is 1.98. The number of benzene rings is 1. The van der Waals surface area contributed by atoms with Gasteiger partial charge in [0.25, 0.3) is 5.91 Å². The Morgan fingerprint density at radius 2 is 2.35 bits per heavy atom. The summed E-state index contributed by atoms with van der Waals surface area (Å²) in [5.41, 5.74) is 6.49. The Labute approximate surface area is 109 Å². The minimum absolute atomic E-state index is 0.0672. The molecule has 0 aliphatic heterocycles. The zero-order chi connectivity index (χ0) is 12.7. The van der Waals surface area contributed by atoms with Crippen LogP contribution in [0.4, 0.5) is 0 Å². The van der Waals surface area contributed by atoms with E-state index in [0.717, 1.165) is 10.0 Å². The maximum atomic E-state index is 11.2. The van der Waals surface area contributed by atoms with E-state index in [2.05, 4.69) is 27.2 Å². The molecule has 4 nitrogen and oxygen atoms in total. The second kappa shape index (κ2) is 6.94. The number of hydrogen-bond acceptors (Lipinski definition) is 3. The molecule has 0 radical (unpaired) electrons. The van der Waals surface area contributed by atoms with Gasteiger partial charge in [-0.2, -0.15) is 0 Å². The Kier molecular flexibility index (Phi) is 5.53. The monoisotopic (exact) mass is 296 g/mol. The molecule has 0 bridgehead atoms. The standard InChI is InChI=1S/C12H13BrN2O2/c1-2-5-15-12(16)8-17-11-4-3-9(7-14)6-10(11)13/h1,3-4,6H,5,7-8,14H2,(H,15,16). The highest BCUT2D eigenvalue weighted by Gasteiger charge is 2.05. The molecule has 0 saturated carbocycles. The Bertz CT molecular complexity index is 441. The minimum Gasteiger partial charge on any atom is -0.483 e. The largest absolute Gasteiger partial charge is 0.483 e. The van der Waals surface area contributed by atoms with Crippen LogP contribution in [-0.4, -0.2) is 19.1 Å². The lowest BCUT2D eigenvalue weighted by Gasteiger charge is -2.08. The fraction of sp³-hybridized carbons (Fsp3) is 0.250. The van der Waals surface area contributed by atoms with Gasteiger partial charge < -0.3 is 15.8 Å². The van der Waals surface area contributed by atoms with Gasteiger partial charge in [-0.25, -0.2) is 0 Å². The molecule has 1 amide bonds. The fourth-order valence-corrected chi connectivity index (χ4v) is 1.67. The summed E-state index contributed by atoms with van der Waals surface area (Å²) in [6.07, 6.45) is 5.02. The van der Waals surface area contributed by atoms with Crippen molar-refractivity contribution in [3.8, 4) is 18.1 Å². The van der Waals surface area contributed by atoms with Crippen LogP contribution >= 0.6 is 15.9 Å². The first kappa shape index (κ1) is 13.6. The number of carbonyl (C=O) groups excluding carboxylic acids is 1. The summed E-state index contributed by atoms with van der Waals surface area (Å²) in [6, 6.07) is 5.47. The number of hydrogen-bond donors (Lipinski definition) is 2. The molecule has 0 heterocycles. The van der Waals surface area contributed by atoms with E-state index in [1.165, 1.54) is 0 Å². The lowest BCUT2D eigenvalue weighted by molar-refractivity contribution is -0.122. The SMILES string of the molecule is C#CCNC(=O)COc1ccc(CN)cc1Br. The van der Waals surface area contributed by atoms with E-state index in [0.29, 0.717) is 12.3 Å². The predicted octanol–water partition coefficient (Wildman–Crippen LogP) is 1.04. The van der Waals surface area contributed by atoms with Crippen LogP contribution < -0.4 is 15.8 Å². The third kappa shape index (κ3) is 4.47. The summed E-state index contributed by atoms with van der Waals surface area (Å²) in [7, 11) is 0. The molecule has 0 aromatic heterocycles. The first-order chi connectivity index (χ1) is 8.17. The summed E-state index contributed by atoms with van der Waals surface area (Å²) in [5, 5.41) is 2.51. The van der Waals surface area contributed by atoms with Crippen molar-refractivity contribution in [1.29, 1.82) is 0 Å². The molecule has 1 aromatic carbocycles. The zero-order valence-corrected chi connectivity index (χ0v) is 10.8. The predicted molar refractivity (Wildman–Crippen MR) is 69.4 cm³/mol. The average Bonchev–Trinajstić information content (AvgIpc) is 2.34. The first-order valence-corrected chi connectivity index (χ1v) is 5.78. The van der Waals surface area contributed by atoms with Crippen LogP contribution in [0.1, 0.15) is 5.56 Å². The second-order valence-electron chi connectivity index (χ2n) is 3.24. The molecule has 0 aliphatic carbocycles. The van der Waals surface area contributed by atoms with E-state index in [9.17, 15) is 4.79 Å². The zero-order valence-electron chi connectivity index (χ0n) is 9.20. The highest BCUT2D eigenvalue weighted by Crippen LogP contribution is 2.25. The number of rotatable bonds is 5. The molecule has 0 fully saturated rings. The number of halogens is 1. The number of terminal acetylenes is 1. The van der Waals surface area contributed by atoms with Crippen molar-refractivity contribution in [2.45, 2.75) is 6.54 Å². The number of carbonyl (C=O) groups is 1. The lowest BCUT2D eigenvalue weighted by Crippen LogP contribution is -2.29. The quantitative estimate of drug-likeness (QED) is 0.798. The highest BCUT2D eigenvalue weighted by atomic mass is 79.9. The van der Waals surface area contributed by atoms with Crippen LogP contribution in [0.3, 0.4) is 0 Å². The van der Waals surface area contributed by atoms with Crippen molar-refractivity contribution in [2.75, 3.05) is 13.2 Å². The maximum absolute atomic E-state index is 11.2. The van der Waals surface area contributed by atoms with E-state index in [4.69, 9.17) is 16.9 Å². The van der Waals surface area contributed by atoms with E-state index >= 15 is 0 Å². The van der Waals surface area contributed by atoms with E-state index in [1.807, 2.05) is 12.1 Å². The molecular weight excluding hydrogens is 284 g/mol. The van der Waals surface area contributed by atoms with Crippen LogP contribution in [0.15, 0.2) is 22.7 Å². The molecular formula is C12H13BrN2O2. The number of nitrogens with two attached hydrogens (primary N) is 1. The molecule has 1 rings (SSSR count). The molecule has 5 heteroatoms. The summed E-state index contributed by atoms with van der Waals surface area (Å²) in [5.74, 6) is 2.66. The van der Waals surface area contributed by atoms with E-state index < -0.39 is 0 Å². The van der Waals surface area contributed by atoms with E-state index in [-0.39, 0.29) is 19.1 Å². The van der Waals surface area contributed by atoms with Gasteiger partial charge in [-0.15, -0.1) is 6.42 Å². The number of nitrogens with one attached hydrogen (secondary N) is 1. The van der Waals surface area contributed by atoms with Crippen molar-refractivity contribution in [1.82, 2.24) is 5.32 Å². The molecule has 1 aromatic rings. The van der Waals surface area contributed by atoms with Crippen LogP contribution in [0.5, 0.6) is 5.75 Å². The summed E-state index contributed by atoms with van der Waals surface area (Å²) in [4.78, 5) is 11.2. The van der Waals surface area contributed by atoms with Gasteiger partial charge >= 0.3 is 0 Å². The van der Waals surface area contributed by atoms with E-state index in [1.54, 1.807) is 6.07 Å². The minimum atomic E-state index is -0.252. The lowest BCUT2D eigenvalue weighted by atomic mass is 10.2. The van der Waals surface area contributed by atoms with Gasteiger partial charge in [-0.1, -0.05) is 12.0 Å². The third-order valence-corrected chi connectivity index (χ3v) is 2.60. The average molecular weight is 297 g/mol. The van der Waals surface area contributed by atoms with Crippen LogP contribution in [0.25, 0.3) is 0 Å². The molecule has 0 saturated heterocycles. The molecule has 90 valence electrons. The summed E-state index contributed by atoms with van der Waals surface area (Å²) in [6.45, 7) is 0.596. The fourth-order valence-electron chi connectivity index (χ4n) is 1.13. The van der Waals surface area contributed by atoms with Crippen molar-refractivity contribution in [3.05, 3.63) is 28.2 Å². The second-order valence-corrected chi connectivity index (χ2v) is 4.09. The van der Waals surface area contributed by atoms with Crippen molar-refractivity contribution in [2.24, 2.45) is 5.73 Å². The molecule has 0 unspecified atom stereocenters. The van der Waals surface area contributed by atoms with Crippen LogP contribution in [-0.2, 0) is 11.3 Å². The van der Waals surface area contributed by atoms with Gasteiger partial charge in [0.05, 0.1) is 11.0 Å². The molecule has 0 spiro atoms. The number of amides is 1. The Hall–Kier alpha value is -1.51. The van der Waals surface area contributed by atoms with Gasteiger partial charge in [0.2, 0.25) is 0 Å². The normalized spacial score (nSPS) is 9.47. The van der Waals surface area contributed by atoms with Gasteiger partial charge in [0, 0.05) is 6.54 Å². The summed E-state index contributed by atoms with van der Waals surface area (Å²) >= 11 is 3.35. The van der Waals surface area contributed by atoms with Gasteiger partial charge in [0.15, 0.2) is 6.61 Å². The first-order valence-electron chi connectivity index (χ1n) is 4.99. The van der Waals surface area contributed by atoms with Gasteiger partial charge in [-0.05, 0) is 33.6 Å². The molecule has 0 atom stereocenters.